The number of ether oxygens (including phenoxy) is 2. The Morgan fingerprint density at radius 1 is 1.08 bits per heavy atom. The van der Waals surface area contributed by atoms with E-state index in [2.05, 4.69) is 25.8 Å². The van der Waals surface area contributed by atoms with Crippen molar-refractivity contribution in [3.05, 3.63) is 28.0 Å². The van der Waals surface area contributed by atoms with Crippen LogP contribution in [0.2, 0.25) is 0 Å². The fourth-order valence-corrected chi connectivity index (χ4v) is 1.81. The van der Waals surface area contributed by atoms with Crippen LogP contribution in [-0.2, 0) is 9.47 Å². The number of carbonyl (C=O) groups excluding carboxylic acids is 2. The summed E-state index contributed by atoms with van der Waals surface area (Å²) < 4.78 is 11.0. The maximum Gasteiger partial charge on any atom is 0.427 e. The van der Waals surface area contributed by atoms with Crippen molar-refractivity contribution in [3.63, 3.8) is 0 Å². The standard InChI is InChI=1S/C16H20BrN3O4/c1-15(2,3)23-13(21)20(14(22)24-16(4,5)6)11-9-8-10(17)12(18-7)19-11/h8-9H,1-6H3. The second-order valence-corrected chi connectivity index (χ2v) is 7.74. The largest absolute Gasteiger partial charge is 0.443 e. The van der Waals surface area contributed by atoms with Gasteiger partial charge in [-0.2, -0.15) is 0 Å². The molecule has 0 N–H and O–H groups in total. The third kappa shape index (κ3) is 5.81. The first-order valence-electron chi connectivity index (χ1n) is 7.14. The van der Waals surface area contributed by atoms with Crippen molar-refractivity contribution >= 4 is 39.8 Å². The van der Waals surface area contributed by atoms with Gasteiger partial charge in [0.05, 0.1) is 0 Å². The zero-order chi connectivity index (χ0) is 18.7. The number of aromatic nitrogens is 1. The van der Waals surface area contributed by atoms with Gasteiger partial charge in [0.2, 0.25) is 5.82 Å². The van der Waals surface area contributed by atoms with E-state index in [4.69, 9.17) is 16.0 Å². The Bertz CT molecular complexity index is 656. The number of nitrogens with zero attached hydrogens (tertiary/aromatic N) is 3. The molecule has 1 aromatic heterocycles. The molecule has 0 aromatic carbocycles. The molecule has 24 heavy (non-hydrogen) atoms. The van der Waals surface area contributed by atoms with Crippen LogP contribution in [0.15, 0.2) is 16.6 Å². The number of carbonyl (C=O) groups is 2. The third-order valence-corrected chi connectivity index (χ3v) is 2.92. The molecule has 0 spiro atoms. The maximum absolute atomic E-state index is 12.4. The monoisotopic (exact) mass is 397 g/mol. The van der Waals surface area contributed by atoms with Crippen LogP contribution in [0.1, 0.15) is 41.5 Å². The predicted molar refractivity (Wildman–Crippen MR) is 93.1 cm³/mol. The van der Waals surface area contributed by atoms with Gasteiger partial charge in [0.25, 0.3) is 5.82 Å². The van der Waals surface area contributed by atoms with E-state index >= 15 is 0 Å². The SMILES string of the molecule is [C-]#[N+]c1nc(N(C(=O)OC(C)(C)C)C(=O)OC(C)(C)C)ccc1Br. The summed E-state index contributed by atoms with van der Waals surface area (Å²) in [6.07, 6.45) is -1.86. The van der Waals surface area contributed by atoms with E-state index in [-0.39, 0.29) is 11.6 Å². The summed E-state index contributed by atoms with van der Waals surface area (Å²) in [6, 6.07) is 2.95. The van der Waals surface area contributed by atoms with Crippen LogP contribution in [-0.4, -0.2) is 28.4 Å². The van der Waals surface area contributed by atoms with Gasteiger partial charge in [-0.3, -0.25) is 0 Å². The summed E-state index contributed by atoms with van der Waals surface area (Å²) in [6.45, 7) is 17.2. The van der Waals surface area contributed by atoms with Crippen molar-refractivity contribution in [1.82, 2.24) is 4.98 Å². The van der Waals surface area contributed by atoms with E-state index in [0.29, 0.717) is 9.37 Å². The number of hydrogen-bond donors (Lipinski definition) is 0. The molecule has 0 fully saturated rings. The van der Waals surface area contributed by atoms with Gasteiger partial charge in [-0.1, -0.05) is 28.6 Å². The first-order chi connectivity index (χ1) is 10.8. The lowest BCUT2D eigenvalue weighted by Gasteiger charge is -2.27. The molecule has 7 nitrogen and oxygen atoms in total. The highest BCUT2D eigenvalue weighted by Gasteiger charge is 2.35. The second kappa shape index (κ2) is 7.18. The Labute approximate surface area is 149 Å². The Hall–Kier alpha value is -2.14. The number of pyridine rings is 1. The quantitative estimate of drug-likeness (QED) is 0.618. The summed E-state index contributed by atoms with van der Waals surface area (Å²) in [5, 5.41) is 0. The predicted octanol–water partition coefficient (Wildman–Crippen LogP) is 5.07. The Morgan fingerprint density at radius 2 is 1.54 bits per heavy atom. The third-order valence-electron chi connectivity index (χ3n) is 2.30. The van der Waals surface area contributed by atoms with Crippen LogP contribution >= 0.6 is 15.9 Å². The minimum Gasteiger partial charge on any atom is -0.443 e. The lowest BCUT2D eigenvalue weighted by molar-refractivity contribution is 0.0429. The summed E-state index contributed by atoms with van der Waals surface area (Å²) in [5.74, 6) is -0.0303. The molecule has 1 aromatic rings. The van der Waals surface area contributed by atoms with E-state index in [1.807, 2.05) is 0 Å². The van der Waals surface area contributed by atoms with Crippen LogP contribution in [0, 0.1) is 6.57 Å². The smallest absolute Gasteiger partial charge is 0.427 e. The van der Waals surface area contributed by atoms with Crippen molar-refractivity contribution in [3.8, 4) is 0 Å². The van der Waals surface area contributed by atoms with E-state index in [9.17, 15) is 9.59 Å². The average Bonchev–Trinajstić information content (AvgIpc) is 2.36. The Morgan fingerprint density at radius 3 is 1.92 bits per heavy atom. The first kappa shape index (κ1) is 19.9. The molecule has 2 amide bonds. The zero-order valence-corrected chi connectivity index (χ0v) is 16.1. The lowest BCUT2D eigenvalue weighted by Crippen LogP contribution is -2.44. The molecule has 8 heteroatoms. The fraction of sp³-hybridized carbons (Fsp3) is 0.500. The lowest BCUT2D eigenvalue weighted by atomic mass is 10.2. The zero-order valence-electron chi connectivity index (χ0n) is 14.5. The molecule has 0 atom stereocenters. The molecular formula is C16H20BrN3O4. The first-order valence-corrected chi connectivity index (χ1v) is 7.93. The van der Waals surface area contributed by atoms with E-state index in [1.165, 1.54) is 12.1 Å². The van der Waals surface area contributed by atoms with Gasteiger partial charge >= 0.3 is 12.2 Å². The summed E-state index contributed by atoms with van der Waals surface area (Å²) in [5.41, 5.74) is -1.62. The summed E-state index contributed by atoms with van der Waals surface area (Å²) in [4.78, 5) is 32.8. The van der Waals surface area contributed by atoms with E-state index in [1.54, 1.807) is 41.5 Å². The van der Waals surface area contributed by atoms with Crippen LogP contribution in [0.3, 0.4) is 0 Å². The Balaban J connectivity index is 3.30. The van der Waals surface area contributed by atoms with Crippen LogP contribution in [0.5, 0.6) is 0 Å². The van der Waals surface area contributed by atoms with Crippen LogP contribution in [0.4, 0.5) is 21.2 Å². The minimum absolute atomic E-state index is 0.0182. The number of imide groups is 1. The van der Waals surface area contributed by atoms with Gasteiger partial charge in [0.15, 0.2) is 0 Å². The molecule has 0 aliphatic heterocycles. The molecule has 0 saturated heterocycles. The highest BCUT2D eigenvalue weighted by Crippen LogP contribution is 2.28. The maximum atomic E-state index is 12.4. The second-order valence-electron chi connectivity index (χ2n) is 6.88. The van der Waals surface area contributed by atoms with Crippen molar-refractivity contribution in [1.29, 1.82) is 0 Å². The van der Waals surface area contributed by atoms with Crippen molar-refractivity contribution < 1.29 is 19.1 Å². The van der Waals surface area contributed by atoms with Gasteiger partial charge in [-0.25, -0.2) is 9.59 Å². The number of amides is 2. The normalized spacial score (nSPS) is 11.4. The molecule has 0 aliphatic carbocycles. The summed E-state index contributed by atoms with van der Waals surface area (Å²) >= 11 is 3.18. The molecule has 130 valence electrons. The van der Waals surface area contributed by atoms with Crippen molar-refractivity contribution in [2.24, 2.45) is 0 Å². The number of rotatable bonds is 1. The fourth-order valence-electron chi connectivity index (χ4n) is 1.50. The van der Waals surface area contributed by atoms with Gasteiger partial charge in [-0.05, 0) is 41.5 Å². The van der Waals surface area contributed by atoms with Crippen LogP contribution < -0.4 is 4.90 Å². The molecule has 0 radical (unpaired) electrons. The highest BCUT2D eigenvalue weighted by molar-refractivity contribution is 9.10. The van der Waals surface area contributed by atoms with Gasteiger partial charge < -0.3 is 14.3 Å². The molecular weight excluding hydrogens is 378 g/mol. The van der Waals surface area contributed by atoms with Crippen molar-refractivity contribution in [2.45, 2.75) is 52.7 Å². The van der Waals surface area contributed by atoms with Crippen LogP contribution in [0.25, 0.3) is 4.85 Å². The molecule has 1 heterocycles. The molecule has 0 unspecified atom stereocenters. The Kier molecular flexibility index (Phi) is 5.95. The number of hydrogen-bond acceptors (Lipinski definition) is 5. The average molecular weight is 398 g/mol. The minimum atomic E-state index is -0.928. The van der Waals surface area contributed by atoms with E-state index in [0.717, 1.165) is 0 Å². The van der Waals surface area contributed by atoms with Gasteiger partial charge in [0, 0.05) is 10.5 Å². The topological polar surface area (TPSA) is 73.1 Å². The summed E-state index contributed by atoms with van der Waals surface area (Å²) in [7, 11) is 0. The number of halogens is 1. The molecule has 0 saturated carbocycles. The van der Waals surface area contributed by atoms with Crippen molar-refractivity contribution in [2.75, 3.05) is 4.90 Å². The molecule has 0 aliphatic rings. The van der Waals surface area contributed by atoms with Gasteiger partial charge in [0.1, 0.15) is 11.2 Å². The number of anilines is 1. The van der Waals surface area contributed by atoms with E-state index < -0.39 is 23.4 Å². The molecule has 0 bridgehead atoms. The highest BCUT2D eigenvalue weighted by atomic mass is 79.9. The van der Waals surface area contributed by atoms with Gasteiger partial charge in [-0.15, -0.1) is 9.88 Å². The molecule has 1 rings (SSSR count).